The summed E-state index contributed by atoms with van der Waals surface area (Å²) < 4.78 is 0. The van der Waals surface area contributed by atoms with Gasteiger partial charge in [0.05, 0.1) is 10.3 Å². The number of nitro benzene ring substituents is 1. The molecule has 0 bridgehead atoms. The summed E-state index contributed by atoms with van der Waals surface area (Å²) in [5.74, 6) is -0.735. The lowest BCUT2D eigenvalue weighted by atomic mass is 9.74. The average Bonchev–Trinajstić information content (AvgIpc) is 2.46. The molecule has 0 unspecified atom stereocenters. The minimum Gasteiger partial charge on any atom is -0.481 e. The van der Waals surface area contributed by atoms with E-state index in [1.807, 2.05) is 0 Å². The van der Waals surface area contributed by atoms with Crippen molar-refractivity contribution in [3.8, 4) is 0 Å². The SMILES string of the molecule is O=C(O)C1(CCc2ccc([N+](=O)[O-])cc2)CCNCC1. The predicted octanol–water partition coefficient (Wildman–Crippen LogP) is 1.98. The van der Waals surface area contributed by atoms with Crippen LogP contribution in [0.25, 0.3) is 0 Å². The Kier molecular flexibility index (Phi) is 4.34. The number of nitro groups is 1. The van der Waals surface area contributed by atoms with E-state index in [0.29, 0.717) is 25.7 Å². The van der Waals surface area contributed by atoms with Crippen LogP contribution in [0, 0.1) is 15.5 Å². The van der Waals surface area contributed by atoms with Crippen molar-refractivity contribution >= 4 is 11.7 Å². The van der Waals surface area contributed by atoms with Crippen molar-refractivity contribution < 1.29 is 14.8 Å². The summed E-state index contributed by atoms with van der Waals surface area (Å²) >= 11 is 0. The number of hydrogen-bond donors (Lipinski definition) is 2. The molecule has 0 aliphatic carbocycles. The van der Waals surface area contributed by atoms with Crippen molar-refractivity contribution in [1.29, 1.82) is 0 Å². The van der Waals surface area contributed by atoms with Crippen LogP contribution >= 0.6 is 0 Å². The summed E-state index contributed by atoms with van der Waals surface area (Å²) in [6, 6.07) is 6.33. The molecule has 1 aromatic carbocycles. The zero-order valence-electron chi connectivity index (χ0n) is 11.2. The highest BCUT2D eigenvalue weighted by Crippen LogP contribution is 2.34. The number of carboxylic acids is 1. The summed E-state index contributed by atoms with van der Waals surface area (Å²) in [5, 5.41) is 23.2. The van der Waals surface area contributed by atoms with Crippen LogP contribution in [0.4, 0.5) is 5.69 Å². The molecule has 0 aromatic heterocycles. The Morgan fingerprint density at radius 2 is 1.90 bits per heavy atom. The second kappa shape index (κ2) is 6.00. The third kappa shape index (κ3) is 3.14. The molecule has 1 aliphatic heterocycles. The molecule has 1 aromatic rings. The average molecular weight is 278 g/mol. The van der Waals surface area contributed by atoms with Crippen LogP contribution in [-0.4, -0.2) is 29.1 Å². The largest absolute Gasteiger partial charge is 0.481 e. The second-order valence-electron chi connectivity index (χ2n) is 5.26. The van der Waals surface area contributed by atoms with E-state index in [0.717, 1.165) is 18.7 Å². The van der Waals surface area contributed by atoms with Gasteiger partial charge in [0.25, 0.3) is 5.69 Å². The number of carboxylic acid groups (broad SMARTS) is 1. The van der Waals surface area contributed by atoms with Crippen LogP contribution < -0.4 is 5.32 Å². The number of non-ortho nitro benzene ring substituents is 1. The van der Waals surface area contributed by atoms with Gasteiger partial charge in [0.1, 0.15) is 0 Å². The highest BCUT2D eigenvalue weighted by Gasteiger charge is 2.38. The van der Waals surface area contributed by atoms with Crippen molar-refractivity contribution in [3.63, 3.8) is 0 Å². The molecule has 20 heavy (non-hydrogen) atoms. The molecule has 0 spiro atoms. The van der Waals surface area contributed by atoms with E-state index in [1.54, 1.807) is 12.1 Å². The molecule has 1 aliphatic rings. The van der Waals surface area contributed by atoms with Crippen molar-refractivity contribution in [3.05, 3.63) is 39.9 Å². The molecule has 1 saturated heterocycles. The summed E-state index contributed by atoms with van der Waals surface area (Å²) in [4.78, 5) is 21.7. The topological polar surface area (TPSA) is 92.5 Å². The molecular formula is C14H18N2O4. The van der Waals surface area contributed by atoms with Crippen molar-refractivity contribution in [2.24, 2.45) is 5.41 Å². The first-order valence-corrected chi connectivity index (χ1v) is 6.71. The zero-order valence-corrected chi connectivity index (χ0v) is 11.2. The summed E-state index contributed by atoms with van der Waals surface area (Å²) in [6.45, 7) is 1.46. The Morgan fingerprint density at radius 3 is 2.40 bits per heavy atom. The first-order valence-electron chi connectivity index (χ1n) is 6.71. The van der Waals surface area contributed by atoms with Gasteiger partial charge in [-0.2, -0.15) is 0 Å². The van der Waals surface area contributed by atoms with E-state index in [1.165, 1.54) is 12.1 Å². The normalized spacial score (nSPS) is 17.6. The Hall–Kier alpha value is -1.95. The molecule has 6 heteroatoms. The van der Waals surface area contributed by atoms with Crippen molar-refractivity contribution in [1.82, 2.24) is 5.32 Å². The standard InChI is InChI=1S/C14H18N2O4/c17-13(18)14(7-9-15-10-8-14)6-5-11-1-3-12(4-2-11)16(19)20/h1-4,15H,5-10H2,(H,17,18). The van der Waals surface area contributed by atoms with Crippen molar-refractivity contribution in [2.45, 2.75) is 25.7 Å². The monoisotopic (exact) mass is 278 g/mol. The molecule has 0 radical (unpaired) electrons. The fourth-order valence-electron chi connectivity index (χ4n) is 2.64. The van der Waals surface area contributed by atoms with Gasteiger partial charge in [0, 0.05) is 12.1 Å². The maximum absolute atomic E-state index is 11.5. The molecule has 1 heterocycles. The van der Waals surface area contributed by atoms with Gasteiger partial charge in [-0.25, -0.2) is 0 Å². The second-order valence-corrected chi connectivity index (χ2v) is 5.26. The number of nitrogens with one attached hydrogen (secondary N) is 1. The molecule has 0 saturated carbocycles. The van der Waals surface area contributed by atoms with Gasteiger partial charge >= 0.3 is 5.97 Å². The molecule has 0 atom stereocenters. The number of hydrogen-bond acceptors (Lipinski definition) is 4. The molecule has 6 nitrogen and oxygen atoms in total. The van der Waals surface area contributed by atoms with E-state index in [-0.39, 0.29) is 5.69 Å². The lowest BCUT2D eigenvalue weighted by Crippen LogP contribution is -2.42. The van der Waals surface area contributed by atoms with E-state index >= 15 is 0 Å². The number of aryl methyl sites for hydroxylation is 1. The quantitative estimate of drug-likeness (QED) is 0.634. The molecule has 2 rings (SSSR count). The van der Waals surface area contributed by atoms with Crippen LogP contribution in [0.5, 0.6) is 0 Å². The highest BCUT2D eigenvalue weighted by atomic mass is 16.6. The summed E-state index contributed by atoms with van der Waals surface area (Å²) in [7, 11) is 0. The smallest absolute Gasteiger partial charge is 0.309 e. The van der Waals surface area contributed by atoms with Crippen LogP contribution in [0.3, 0.4) is 0 Å². The van der Waals surface area contributed by atoms with Crippen LogP contribution in [0.2, 0.25) is 0 Å². The fourth-order valence-corrected chi connectivity index (χ4v) is 2.64. The molecule has 108 valence electrons. The maximum Gasteiger partial charge on any atom is 0.309 e. The van der Waals surface area contributed by atoms with E-state index < -0.39 is 16.3 Å². The minimum absolute atomic E-state index is 0.0589. The van der Waals surface area contributed by atoms with E-state index in [9.17, 15) is 20.0 Å². The van der Waals surface area contributed by atoms with Gasteiger partial charge in [-0.1, -0.05) is 12.1 Å². The molecule has 2 N–H and O–H groups in total. The number of aliphatic carboxylic acids is 1. The fraction of sp³-hybridized carbons (Fsp3) is 0.500. The third-order valence-electron chi connectivity index (χ3n) is 4.05. The third-order valence-corrected chi connectivity index (χ3v) is 4.05. The number of carbonyl (C=O) groups is 1. The lowest BCUT2D eigenvalue weighted by molar-refractivity contribution is -0.384. The van der Waals surface area contributed by atoms with Gasteiger partial charge in [-0.3, -0.25) is 14.9 Å². The Labute approximate surface area is 117 Å². The van der Waals surface area contributed by atoms with Crippen molar-refractivity contribution in [2.75, 3.05) is 13.1 Å². The zero-order chi connectivity index (χ0) is 14.6. The number of rotatable bonds is 5. The van der Waals surface area contributed by atoms with Gasteiger partial charge in [0.2, 0.25) is 0 Å². The van der Waals surface area contributed by atoms with E-state index in [2.05, 4.69) is 5.32 Å². The Morgan fingerprint density at radius 1 is 1.30 bits per heavy atom. The molecular weight excluding hydrogens is 260 g/mol. The Bertz CT molecular complexity index is 492. The van der Waals surface area contributed by atoms with Crippen LogP contribution in [0.15, 0.2) is 24.3 Å². The predicted molar refractivity (Wildman–Crippen MR) is 73.6 cm³/mol. The first kappa shape index (κ1) is 14.5. The first-order chi connectivity index (χ1) is 9.53. The maximum atomic E-state index is 11.5. The van der Waals surface area contributed by atoms with Gasteiger partial charge in [-0.15, -0.1) is 0 Å². The minimum atomic E-state index is -0.735. The Balaban J connectivity index is 2.02. The van der Waals surface area contributed by atoms with Gasteiger partial charge in [-0.05, 0) is 44.3 Å². The molecule has 0 amide bonds. The van der Waals surface area contributed by atoms with Crippen LogP contribution in [-0.2, 0) is 11.2 Å². The number of nitrogens with zero attached hydrogens (tertiary/aromatic N) is 1. The van der Waals surface area contributed by atoms with Gasteiger partial charge < -0.3 is 10.4 Å². The van der Waals surface area contributed by atoms with Gasteiger partial charge in [0.15, 0.2) is 0 Å². The lowest BCUT2D eigenvalue weighted by Gasteiger charge is -2.33. The van der Waals surface area contributed by atoms with Crippen LogP contribution in [0.1, 0.15) is 24.8 Å². The molecule has 1 fully saturated rings. The highest BCUT2D eigenvalue weighted by molar-refractivity contribution is 5.74. The van der Waals surface area contributed by atoms with E-state index in [4.69, 9.17) is 0 Å². The number of benzene rings is 1. The summed E-state index contributed by atoms with van der Waals surface area (Å²) in [6.07, 6.45) is 2.47. The number of piperidine rings is 1. The summed E-state index contributed by atoms with van der Waals surface area (Å²) in [5.41, 5.74) is 0.339.